The number of thiazole rings is 1. The summed E-state index contributed by atoms with van der Waals surface area (Å²) in [6.45, 7) is 3.82. The first kappa shape index (κ1) is 23.0. The lowest BCUT2D eigenvalue weighted by Crippen LogP contribution is -2.16. The molecule has 0 saturated heterocycles. The summed E-state index contributed by atoms with van der Waals surface area (Å²) >= 11 is 7.25. The zero-order valence-corrected chi connectivity index (χ0v) is 20.4. The first-order valence-corrected chi connectivity index (χ1v) is 12.5. The molecule has 10 heteroatoms. The van der Waals surface area contributed by atoms with Crippen molar-refractivity contribution in [1.29, 1.82) is 0 Å². The number of rotatable bonds is 5. The molecule has 4 aromatic rings. The fourth-order valence-corrected chi connectivity index (χ4v) is 5.78. The second-order valence-electron chi connectivity index (χ2n) is 7.61. The molecule has 1 amide bonds. The number of nitrogens with zero attached hydrogens (tertiary/aromatic N) is 1. The second-order valence-corrected chi connectivity index (χ2v) is 10.7. The minimum Gasteiger partial charge on any atom is -0.322 e. The minimum absolute atomic E-state index is 0.00151. The summed E-state index contributed by atoms with van der Waals surface area (Å²) in [5.41, 5.74) is 3.76. The molecule has 0 spiro atoms. The van der Waals surface area contributed by atoms with Crippen LogP contribution < -0.4 is 14.9 Å². The summed E-state index contributed by atoms with van der Waals surface area (Å²) < 4.78 is 30.7. The topological polar surface area (TPSA) is 97.3 Å². The standard InChI is InChI=1S/C23H20ClN3O4S2/c1-13-4-6-17(10-14(13)2)26-33(30,31)21-11-15(5-8-18(21)24)22(28)25-16-7-9-19-20(12-16)32-23(29)27(19)3/h4-12,26H,1-3H3,(H,25,28). The largest absolute Gasteiger partial charge is 0.322 e. The van der Waals surface area contributed by atoms with E-state index in [1.165, 1.54) is 22.8 Å². The van der Waals surface area contributed by atoms with Crippen molar-refractivity contribution < 1.29 is 13.2 Å². The van der Waals surface area contributed by atoms with Crippen molar-refractivity contribution in [2.75, 3.05) is 10.0 Å². The van der Waals surface area contributed by atoms with E-state index in [0.29, 0.717) is 11.4 Å². The number of hydrogen-bond donors (Lipinski definition) is 2. The van der Waals surface area contributed by atoms with Gasteiger partial charge in [-0.1, -0.05) is 29.0 Å². The zero-order valence-electron chi connectivity index (χ0n) is 18.0. The number of sulfonamides is 1. The van der Waals surface area contributed by atoms with E-state index in [-0.39, 0.29) is 20.4 Å². The van der Waals surface area contributed by atoms with Crippen molar-refractivity contribution >= 4 is 60.5 Å². The highest BCUT2D eigenvalue weighted by molar-refractivity contribution is 7.92. The quantitative estimate of drug-likeness (QED) is 0.405. The Kier molecular flexibility index (Phi) is 6.04. The summed E-state index contributed by atoms with van der Waals surface area (Å²) in [6.07, 6.45) is 0. The fraction of sp³-hybridized carbons (Fsp3) is 0.130. The predicted octanol–water partition coefficient (Wildman–Crippen LogP) is 4.92. The van der Waals surface area contributed by atoms with Gasteiger partial charge in [0.15, 0.2) is 0 Å². The molecular formula is C23H20ClN3O4S2. The Balaban J connectivity index is 1.61. The maximum Gasteiger partial charge on any atom is 0.307 e. The van der Waals surface area contributed by atoms with E-state index in [2.05, 4.69) is 10.0 Å². The van der Waals surface area contributed by atoms with E-state index < -0.39 is 15.9 Å². The van der Waals surface area contributed by atoms with Crippen LogP contribution in [-0.2, 0) is 17.1 Å². The molecule has 170 valence electrons. The van der Waals surface area contributed by atoms with Crippen LogP contribution in [0.15, 0.2) is 64.3 Å². The molecule has 3 aromatic carbocycles. The molecule has 1 heterocycles. The van der Waals surface area contributed by atoms with E-state index in [1.54, 1.807) is 37.4 Å². The van der Waals surface area contributed by atoms with Crippen LogP contribution >= 0.6 is 22.9 Å². The van der Waals surface area contributed by atoms with E-state index in [0.717, 1.165) is 32.7 Å². The van der Waals surface area contributed by atoms with Crippen LogP contribution in [0.5, 0.6) is 0 Å². The van der Waals surface area contributed by atoms with Crippen molar-refractivity contribution in [2.45, 2.75) is 18.7 Å². The van der Waals surface area contributed by atoms with E-state index in [9.17, 15) is 18.0 Å². The Morgan fingerprint density at radius 2 is 1.70 bits per heavy atom. The molecule has 0 fully saturated rings. The van der Waals surface area contributed by atoms with Crippen LogP contribution in [0, 0.1) is 13.8 Å². The van der Waals surface area contributed by atoms with Crippen molar-refractivity contribution in [1.82, 2.24) is 4.57 Å². The average Bonchev–Trinajstić information content (AvgIpc) is 3.03. The molecule has 0 aliphatic carbocycles. The van der Waals surface area contributed by atoms with Crippen molar-refractivity contribution in [3.8, 4) is 0 Å². The van der Waals surface area contributed by atoms with Gasteiger partial charge in [0.1, 0.15) is 4.90 Å². The number of amides is 1. The molecule has 33 heavy (non-hydrogen) atoms. The Morgan fingerprint density at radius 3 is 2.42 bits per heavy atom. The summed E-state index contributed by atoms with van der Waals surface area (Å²) in [4.78, 5) is 24.4. The second kappa shape index (κ2) is 8.66. The predicted molar refractivity (Wildman–Crippen MR) is 133 cm³/mol. The smallest absolute Gasteiger partial charge is 0.307 e. The van der Waals surface area contributed by atoms with Crippen LogP contribution in [0.25, 0.3) is 10.2 Å². The SMILES string of the molecule is Cc1ccc(NS(=O)(=O)c2cc(C(=O)Nc3ccc4c(c3)sc(=O)n4C)ccc2Cl)cc1C. The molecule has 7 nitrogen and oxygen atoms in total. The van der Waals surface area contributed by atoms with Gasteiger partial charge in [0, 0.05) is 24.0 Å². The van der Waals surface area contributed by atoms with Crippen LogP contribution in [-0.4, -0.2) is 18.9 Å². The van der Waals surface area contributed by atoms with Crippen molar-refractivity contribution in [2.24, 2.45) is 7.05 Å². The zero-order chi connectivity index (χ0) is 23.9. The molecule has 0 atom stereocenters. The first-order valence-electron chi connectivity index (χ1n) is 9.86. The fourth-order valence-electron chi connectivity index (χ4n) is 3.28. The molecule has 0 aliphatic rings. The third kappa shape index (κ3) is 4.66. The van der Waals surface area contributed by atoms with Crippen LogP contribution in [0.4, 0.5) is 11.4 Å². The van der Waals surface area contributed by atoms with Crippen molar-refractivity contribution in [3.63, 3.8) is 0 Å². The van der Waals surface area contributed by atoms with Gasteiger partial charge in [0.2, 0.25) is 0 Å². The summed E-state index contributed by atoms with van der Waals surface area (Å²) in [5.74, 6) is -0.503. The van der Waals surface area contributed by atoms with Crippen molar-refractivity contribution in [3.05, 3.63) is 86.0 Å². The number of hydrogen-bond acceptors (Lipinski definition) is 5. The highest BCUT2D eigenvalue weighted by Gasteiger charge is 2.21. The number of carbonyl (C=O) groups is 1. The van der Waals surface area contributed by atoms with Gasteiger partial charge in [-0.2, -0.15) is 0 Å². The lowest BCUT2D eigenvalue weighted by atomic mass is 10.1. The van der Waals surface area contributed by atoms with E-state index in [4.69, 9.17) is 11.6 Å². The van der Waals surface area contributed by atoms with Gasteiger partial charge in [-0.15, -0.1) is 0 Å². The number of aromatic nitrogens is 1. The van der Waals surface area contributed by atoms with Gasteiger partial charge in [-0.3, -0.25) is 14.3 Å². The number of benzene rings is 3. The molecule has 0 aliphatic heterocycles. The van der Waals surface area contributed by atoms with Gasteiger partial charge in [0.25, 0.3) is 15.9 Å². The minimum atomic E-state index is -4.03. The molecule has 4 rings (SSSR count). The molecule has 2 N–H and O–H groups in total. The number of halogens is 1. The lowest BCUT2D eigenvalue weighted by molar-refractivity contribution is 0.102. The van der Waals surface area contributed by atoms with Gasteiger partial charge in [-0.05, 0) is 73.5 Å². The third-order valence-corrected chi connectivity index (χ3v) is 8.15. The Labute approximate surface area is 199 Å². The average molecular weight is 502 g/mol. The number of aryl methyl sites for hydroxylation is 3. The van der Waals surface area contributed by atoms with E-state index >= 15 is 0 Å². The summed E-state index contributed by atoms with van der Waals surface area (Å²) in [5, 5.41) is 2.74. The van der Waals surface area contributed by atoms with Gasteiger partial charge in [0.05, 0.1) is 15.2 Å². The molecule has 0 saturated carbocycles. The molecular weight excluding hydrogens is 482 g/mol. The molecule has 0 unspecified atom stereocenters. The van der Waals surface area contributed by atoms with Crippen LogP contribution in [0.2, 0.25) is 5.02 Å². The monoisotopic (exact) mass is 501 g/mol. The molecule has 0 radical (unpaired) electrons. The summed E-state index contributed by atoms with van der Waals surface area (Å²) in [7, 11) is -2.35. The third-order valence-electron chi connectivity index (χ3n) is 5.29. The van der Waals surface area contributed by atoms with E-state index in [1.807, 2.05) is 19.9 Å². The van der Waals surface area contributed by atoms with Crippen LogP contribution in [0.1, 0.15) is 21.5 Å². The normalized spacial score (nSPS) is 11.5. The van der Waals surface area contributed by atoms with Gasteiger partial charge >= 0.3 is 4.87 Å². The number of carbonyl (C=O) groups excluding carboxylic acids is 1. The first-order chi connectivity index (χ1) is 15.5. The highest BCUT2D eigenvalue weighted by atomic mass is 35.5. The lowest BCUT2D eigenvalue weighted by Gasteiger charge is -2.12. The Bertz CT molecular complexity index is 1570. The number of fused-ring (bicyclic) bond motifs is 1. The van der Waals surface area contributed by atoms with Gasteiger partial charge < -0.3 is 9.88 Å². The number of nitrogens with one attached hydrogen (secondary N) is 2. The molecule has 1 aromatic heterocycles. The highest BCUT2D eigenvalue weighted by Crippen LogP contribution is 2.27. The Morgan fingerprint density at radius 1 is 0.970 bits per heavy atom. The van der Waals surface area contributed by atoms with Gasteiger partial charge in [-0.25, -0.2) is 8.42 Å². The van der Waals surface area contributed by atoms with Crippen LogP contribution in [0.3, 0.4) is 0 Å². The molecule has 0 bridgehead atoms. The Hall–Kier alpha value is -3.14. The number of anilines is 2. The summed E-state index contributed by atoms with van der Waals surface area (Å²) in [6, 6.07) is 14.4. The maximum atomic E-state index is 13.0. The maximum absolute atomic E-state index is 13.0.